The Morgan fingerprint density at radius 2 is 2.31 bits per heavy atom. The second-order valence-corrected chi connectivity index (χ2v) is 2.84. The van der Waals surface area contributed by atoms with Crippen LogP contribution in [-0.2, 0) is 0 Å². The summed E-state index contributed by atoms with van der Waals surface area (Å²) in [7, 11) is 0. The zero-order chi connectivity index (χ0) is 10.1. The van der Waals surface area contributed by atoms with Crippen LogP contribution in [0.1, 0.15) is 26.7 Å². The smallest absolute Gasteiger partial charge is 0.177 e. The van der Waals surface area contributed by atoms with E-state index >= 15 is 0 Å². The normalized spacial score (nSPS) is 13.4. The van der Waals surface area contributed by atoms with Gasteiger partial charge in [-0.1, -0.05) is 6.92 Å². The predicted molar refractivity (Wildman–Crippen MR) is 49.1 cm³/mol. The molecule has 6 heteroatoms. The van der Waals surface area contributed by atoms with Crippen molar-refractivity contribution in [1.82, 2.24) is 5.32 Å². The summed E-state index contributed by atoms with van der Waals surface area (Å²) in [6.07, 6.45) is 1.86. The van der Waals surface area contributed by atoms with E-state index in [0.717, 1.165) is 19.4 Å². The van der Waals surface area contributed by atoms with E-state index in [9.17, 15) is 10.1 Å². The van der Waals surface area contributed by atoms with Crippen molar-refractivity contribution >= 4 is 0 Å². The molecule has 0 aromatic rings. The standard InChI is InChI=1S/C7H16N4O2/c1-3-5-8-7(2)4-6-9-10-11(12)13/h7-8H,3-6H2,1-2H3. The van der Waals surface area contributed by atoms with Gasteiger partial charge >= 0.3 is 0 Å². The van der Waals surface area contributed by atoms with Crippen LogP contribution in [-0.4, -0.2) is 24.2 Å². The number of hydrogen-bond donors (Lipinski definition) is 1. The first-order valence-corrected chi connectivity index (χ1v) is 4.42. The lowest BCUT2D eigenvalue weighted by atomic mass is 10.2. The second-order valence-electron chi connectivity index (χ2n) is 2.84. The molecular weight excluding hydrogens is 172 g/mol. The van der Waals surface area contributed by atoms with Gasteiger partial charge < -0.3 is 15.4 Å². The first-order valence-electron chi connectivity index (χ1n) is 4.42. The van der Waals surface area contributed by atoms with Crippen molar-refractivity contribution < 1.29 is 5.03 Å². The van der Waals surface area contributed by atoms with Gasteiger partial charge in [-0.15, -0.1) is 0 Å². The van der Waals surface area contributed by atoms with E-state index in [4.69, 9.17) is 0 Å². The van der Waals surface area contributed by atoms with E-state index in [0.29, 0.717) is 12.6 Å². The Morgan fingerprint density at radius 3 is 2.85 bits per heavy atom. The Kier molecular flexibility index (Phi) is 6.99. The Morgan fingerprint density at radius 1 is 1.62 bits per heavy atom. The molecule has 0 saturated heterocycles. The fraction of sp³-hybridized carbons (Fsp3) is 1.00. The Labute approximate surface area is 77.5 Å². The third kappa shape index (κ3) is 8.87. The van der Waals surface area contributed by atoms with Crippen LogP contribution in [0.4, 0.5) is 0 Å². The SMILES string of the molecule is CCCNC(C)CCN=N[N+](=O)[O-]. The van der Waals surface area contributed by atoms with E-state index in [1.165, 1.54) is 0 Å². The van der Waals surface area contributed by atoms with E-state index in [-0.39, 0.29) is 0 Å². The summed E-state index contributed by atoms with van der Waals surface area (Å²) in [6, 6.07) is 0.339. The molecular formula is C7H16N4O2. The highest BCUT2D eigenvalue weighted by Crippen LogP contribution is 1.92. The number of nitrogens with one attached hydrogen (secondary N) is 1. The molecule has 1 N–H and O–H groups in total. The number of nitro groups is 1. The lowest BCUT2D eigenvalue weighted by Crippen LogP contribution is -2.27. The summed E-state index contributed by atoms with van der Waals surface area (Å²) in [4.78, 5) is 9.75. The van der Waals surface area contributed by atoms with Crippen LogP contribution in [0.5, 0.6) is 0 Å². The molecule has 6 nitrogen and oxygen atoms in total. The van der Waals surface area contributed by atoms with Gasteiger partial charge in [0.25, 0.3) is 0 Å². The molecule has 0 rings (SSSR count). The second kappa shape index (κ2) is 7.60. The fourth-order valence-electron chi connectivity index (χ4n) is 0.841. The zero-order valence-electron chi connectivity index (χ0n) is 8.06. The van der Waals surface area contributed by atoms with Crippen molar-refractivity contribution in [1.29, 1.82) is 0 Å². The van der Waals surface area contributed by atoms with E-state index in [1.807, 2.05) is 6.92 Å². The molecule has 13 heavy (non-hydrogen) atoms. The highest BCUT2D eigenvalue weighted by Gasteiger charge is 2.01. The number of nitrogens with zero attached hydrogens (tertiary/aromatic N) is 3. The molecule has 0 aromatic heterocycles. The minimum absolute atomic E-state index is 0.339. The van der Waals surface area contributed by atoms with E-state index in [2.05, 4.69) is 22.6 Å². The lowest BCUT2D eigenvalue weighted by Gasteiger charge is -2.08. The Balaban J connectivity index is 3.36. The van der Waals surface area contributed by atoms with Gasteiger partial charge in [0.2, 0.25) is 0 Å². The number of hydrogen-bond acceptors (Lipinski definition) is 4. The van der Waals surface area contributed by atoms with Crippen LogP contribution < -0.4 is 5.32 Å². The maximum atomic E-state index is 9.75. The topological polar surface area (TPSA) is 79.9 Å². The Hall–Kier alpha value is -1.04. The van der Waals surface area contributed by atoms with Crippen molar-refractivity contribution in [3.63, 3.8) is 0 Å². The first kappa shape index (κ1) is 12.0. The van der Waals surface area contributed by atoms with E-state index in [1.54, 1.807) is 0 Å². The molecule has 1 unspecified atom stereocenters. The van der Waals surface area contributed by atoms with Gasteiger partial charge in [0.05, 0.1) is 5.03 Å². The van der Waals surface area contributed by atoms with Crippen molar-refractivity contribution in [2.45, 2.75) is 32.7 Å². The zero-order valence-corrected chi connectivity index (χ0v) is 8.06. The monoisotopic (exact) mass is 188 g/mol. The molecule has 0 aliphatic carbocycles. The van der Waals surface area contributed by atoms with Gasteiger partial charge in [-0.25, -0.2) is 0 Å². The third-order valence-electron chi connectivity index (χ3n) is 1.54. The number of rotatable bonds is 7. The molecule has 0 bridgehead atoms. The average molecular weight is 188 g/mol. The summed E-state index contributed by atoms with van der Waals surface area (Å²) < 4.78 is 0. The predicted octanol–water partition coefficient (Wildman–Crippen LogP) is 1.41. The summed E-state index contributed by atoms with van der Waals surface area (Å²) >= 11 is 0. The van der Waals surface area contributed by atoms with Crippen LogP contribution in [0.25, 0.3) is 0 Å². The molecule has 0 aliphatic rings. The highest BCUT2D eigenvalue weighted by atomic mass is 16.7. The minimum Gasteiger partial charge on any atom is -0.337 e. The first-order chi connectivity index (χ1) is 6.16. The van der Waals surface area contributed by atoms with Crippen LogP contribution in [0.3, 0.4) is 0 Å². The average Bonchev–Trinajstić information content (AvgIpc) is 2.08. The molecule has 0 spiro atoms. The van der Waals surface area contributed by atoms with Gasteiger partial charge in [-0.2, -0.15) is 0 Å². The van der Waals surface area contributed by atoms with Gasteiger partial charge in [-0.3, -0.25) is 0 Å². The van der Waals surface area contributed by atoms with Crippen molar-refractivity contribution in [2.75, 3.05) is 13.1 Å². The minimum atomic E-state index is -0.788. The molecule has 0 aliphatic heterocycles. The molecule has 0 fully saturated rings. The molecule has 76 valence electrons. The van der Waals surface area contributed by atoms with Gasteiger partial charge in [0.15, 0.2) is 11.8 Å². The quantitative estimate of drug-likeness (QED) is 0.372. The fourth-order valence-corrected chi connectivity index (χ4v) is 0.841. The maximum absolute atomic E-state index is 9.75. The van der Waals surface area contributed by atoms with Crippen LogP contribution in [0, 0.1) is 10.1 Å². The van der Waals surface area contributed by atoms with Gasteiger partial charge in [-0.05, 0) is 19.9 Å². The van der Waals surface area contributed by atoms with Crippen LogP contribution >= 0.6 is 0 Å². The van der Waals surface area contributed by atoms with E-state index < -0.39 is 5.03 Å². The van der Waals surface area contributed by atoms with Gasteiger partial charge in [0.1, 0.15) is 0 Å². The molecule has 0 saturated carbocycles. The largest absolute Gasteiger partial charge is 0.337 e. The van der Waals surface area contributed by atoms with Crippen molar-refractivity contribution in [3.05, 3.63) is 10.1 Å². The van der Waals surface area contributed by atoms with Crippen LogP contribution in [0.2, 0.25) is 0 Å². The summed E-state index contributed by atoms with van der Waals surface area (Å²) in [6.45, 7) is 5.48. The molecule has 0 radical (unpaired) electrons. The summed E-state index contributed by atoms with van der Waals surface area (Å²) in [5, 5.41) is 18.4. The highest BCUT2D eigenvalue weighted by molar-refractivity contribution is 4.60. The summed E-state index contributed by atoms with van der Waals surface area (Å²) in [5.74, 6) is 0. The molecule has 1 atom stereocenters. The maximum Gasteiger partial charge on any atom is 0.177 e. The summed E-state index contributed by atoms with van der Waals surface area (Å²) in [5.41, 5.74) is 0. The molecule has 0 aromatic carbocycles. The Bertz CT molecular complexity index is 172. The molecule has 0 heterocycles. The van der Waals surface area contributed by atoms with Crippen LogP contribution in [0.15, 0.2) is 10.3 Å². The van der Waals surface area contributed by atoms with Crippen molar-refractivity contribution in [3.8, 4) is 0 Å². The molecule has 0 amide bonds. The van der Waals surface area contributed by atoms with Crippen molar-refractivity contribution in [2.24, 2.45) is 10.3 Å². The lowest BCUT2D eigenvalue weighted by molar-refractivity contribution is -0.494. The van der Waals surface area contributed by atoms with Gasteiger partial charge in [0, 0.05) is 17.6 Å². The third-order valence-corrected chi connectivity index (χ3v) is 1.54.